The Hall–Kier alpha value is -1.39. The molecule has 0 aromatic rings. The van der Waals surface area contributed by atoms with Gasteiger partial charge >= 0.3 is 5.97 Å². The average Bonchev–Trinajstić information content (AvgIpc) is 3.39. The number of nitrogens with one attached hydrogen (secondary N) is 1. The van der Waals surface area contributed by atoms with Crippen LogP contribution in [0.25, 0.3) is 0 Å². The average molecular weight is 357 g/mol. The van der Waals surface area contributed by atoms with E-state index >= 15 is 0 Å². The van der Waals surface area contributed by atoms with E-state index in [0.717, 1.165) is 25.0 Å². The molecule has 0 spiro atoms. The second kappa shape index (κ2) is 6.65. The highest BCUT2D eigenvalue weighted by atomic mass is 16.5. The number of carbonyl (C=O) groups excluding carboxylic acids is 1. The van der Waals surface area contributed by atoms with Crippen LogP contribution in [-0.4, -0.2) is 36.4 Å². The van der Waals surface area contributed by atoms with Gasteiger partial charge in [-0.25, -0.2) is 0 Å². The lowest BCUT2D eigenvalue weighted by molar-refractivity contribution is -0.142. The molecular formula is C22H31NO3. The minimum Gasteiger partial charge on any atom is -0.460 e. The molecule has 4 heteroatoms. The highest BCUT2D eigenvalue weighted by Crippen LogP contribution is 2.57. The largest absolute Gasteiger partial charge is 0.460 e. The summed E-state index contributed by atoms with van der Waals surface area (Å²) in [5.41, 5.74) is 5.74. The van der Waals surface area contributed by atoms with Crippen LogP contribution in [0, 0.1) is 17.3 Å². The van der Waals surface area contributed by atoms with Crippen molar-refractivity contribution >= 4 is 5.97 Å². The number of ether oxygens (including phenoxy) is 1. The van der Waals surface area contributed by atoms with Crippen LogP contribution in [0.2, 0.25) is 0 Å². The molecule has 26 heavy (non-hydrogen) atoms. The van der Waals surface area contributed by atoms with E-state index in [1.54, 1.807) is 5.57 Å². The van der Waals surface area contributed by atoms with Gasteiger partial charge in [-0.2, -0.15) is 0 Å². The number of esters is 1. The Morgan fingerprint density at radius 2 is 2.15 bits per heavy atom. The zero-order valence-corrected chi connectivity index (χ0v) is 16.2. The third-order valence-corrected chi connectivity index (χ3v) is 6.79. The van der Waals surface area contributed by atoms with Crippen LogP contribution in [0.4, 0.5) is 0 Å². The van der Waals surface area contributed by atoms with Gasteiger partial charge < -0.3 is 15.2 Å². The molecule has 4 rings (SSSR count). The minimum absolute atomic E-state index is 0.120. The SMILES string of the molecule is CC(C)C1=C2C3=CC=C(COC(=O)C4CN4)CC(O)C3CCC2(C)CC1. The molecule has 0 aromatic carbocycles. The number of allylic oxidation sites excluding steroid dienone is 4. The van der Waals surface area contributed by atoms with E-state index in [-0.39, 0.29) is 36.1 Å². The van der Waals surface area contributed by atoms with Crippen LogP contribution < -0.4 is 5.32 Å². The molecule has 0 aromatic heterocycles. The highest BCUT2D eigenvalue weighted by Gasteiger charge is 2.46. The summed E-state index contributed by atoms with van der Waals surface area (Å²) < 4.78 is 5.41. The lowest BCUT2D eigenvalue weighted by Crippen LogP contribution is -2.33. The molecule has 4 atom stereocenters. The number of rotatable bonds is 4. The standard InChI is InChI=1S/C22H31NO3/c1-13(2)15-6-8-22(3)9-7-16-17(20(15)22)5-4-14(10-19(16)24)12-26-21(25)18-11-23-18/h4-5,13,16,18-19,23-24H,6-12H2,1-3H3. The molecule has 0 radical (unpaired) electrons. The molecular weight excluding hydrogens is 326 g/mol. The summed E-state index contributed by atoms with van der Waals surface area (Å²) >= 11 is 0. The Bertz CT molecular complexity index is 698. The van der Waals surface area contributed by atoms with Gasteiger partial charge in [0, 0.05) is 12.5 Å². The van der Waals surface area contributed by atoms with Gasteiger partial charge in [-0.15, -0.1) is 0 Å². The first-order valence-electron chi connectivity index (χ1n) is 10.1. The van der Waals surface area contributed by atoms with E-state index < -0.39 is 0 Å². The third-order valence-electron chi connectivity index (χ3n) is 6.79. The molecule has 4 unspecified atom stereocenters. The maximum Gasteiger partial charge on any atom is 0.324 e. The lowest BCUT2D eigenvalue weighted by Gasteiger charge is -2.41. The van der Waals surface area contributed by atoms with Gasteiger partial charge in [0.05, 0.1) is 6.10 Å². The minimum atomic E-state index is -0.390. The first-order valence-corrected chi connectivity index (χ1v) is 10.1. The zero-order chi connectivity index (χ0) is 18.5. The van der Waals surface area contributed by atoms with Crippen molar-refractivity contribution < 1.29 is 14.6 Å². The summed E-state index contributed by atoms with van der Waals surface area (Å²) in [6.07, 6.45) is 9.16. The molecule has 4 nitrogen and oxygen atoms in total. The first kappa shape index (κ1) is 18.0. The molecule has 0 bridgehead atoms. The van der Waals surface area contributed by atoms with E-state index in [9.17, 15) is 9.90 Å². The van der Waals surface area contributed by atoms with Crippen molar-refractivity contribution in [2.45, 2.75) is 65.0 Å². The normalized spacial score (nSPS) is 36.1. The number of aliphatic hydroxyl groups excluding tert-OH is 1. The Morgan fingerprint density at radius 1 is 1.38 bits per heavy atom. The van der Waals surface area contributed by atoms with E-state index in [1.807, 2.05) is 0 Å². The number of hydrogen-bond donors (Lipinski definition) is 2. The topological polar surface area (TPSA) is 68.5 Å². The molecule has 4 aliphatic rings. The quantitative estimate of drug-likeness (QED) is 0.598. The van der Waals surface area contributed by atoms with Gasteiger partial charge in [0.15, 0.2) is 0 Å². The molecule has 2 N–H and O–H groups in total. The van der Waals surface area contributed by atoms with Crippen LogP contribution in [0.15, 0.2) is 34.4 Å². The van der Waals surface area contributed by atoms with Gasteiger partial charge in [0.1, 0.15) is 12.6 Å². The predicted octanol–water partition coefficient (Wildman–Crippen LogP) is 3.28. The van der Waals surface area contributed by atoms with Crippen molar-refractivity contribution in [3.8, 4) is 0 Å². The number of carbonyl (C=O) groups is 1. The van der Waals surface area contributed by atoms with Crippen molar-refractivity contribution in [1.29, 1.82) is 0 Å². The lowest BCUT2D eigenvalue weighted by atomic mass is 9.64. The Balaban J connectivity index is 1.61. The first-order chi connectivity index (χ1) is 12.4. The summed E-state index contributed by atoms with van der Waals surface area (Å²) in [5.74, 6) is 0.588. The van der Waals surface area contributed by atoms with E-state index in [4.69, 9.17) is 4.74 Å². The number of hydrogen-bond acceptors (Lipinski definition) is 4. The van der Waals surface area contributed by atoms with Crippen LogP contribution in [0.5, 0.6) is 0 Å². The van der Waals surface area contributed by atoms with Crippen LogP contribution in [0.3, 0.4) is 0 Å². The smallest absolute Gasteiger partial charge is 0.324 e. The van der Waals surface area contributed by atoms with E-state index in [2.05, 4.69) is 38.2 Å². The van der Waals surface area contributed by atoms with Gasteiger partial charge in [0.2, 0.25) is 0 Å². The van der Waals surface area contributed by atoms with Gasteiger partial charge in [-0.1, -0.05) is 38.5 Å². The van der Waals surface area contributed by atoms with E-state index in [0.29, 0.717) is 12.3 Å². The number of aliphatic hydroxyl groups is 1. The summed E-state index contributed by atoms with van der Waals surface area (Å²) in [7, 11) is 0. The molecule has 1 heterocycles. The van der Waals surface area contributed by atoms with Gasteiger partial charge in [0.25, 0.3) is 0 Å². The molecule has 1 saturated heterocycles. The third kappa shape index (κ3) is 3.18. The van der Waals surface area contributed by atoms with Gasteiger partial charge in [-0.05, 0) is 60.2 Å². The van der Waals surface area contributed by atoms with Crippen LogP contribution >= 0.6 is 0 Å². The van der Waals surface area contributed by atoms with Crippen molar-refractivity contribution in [2.75, 3.05) is 13.2 Å². The molecule has 1 saturated carbocycles. The fourth-order valence-electron chi connectivity index (χ4n) is 5.11. The summed E-state index contributed by atoms with van der Waals surface area (Å²) in [6.45, 7) is 7.99. The maximum absolute atomic E-state index is 11.8. The summed E-state index contributed by atoms with van der Waals surface area (Å²) in [5, 5.41) is 13.9. The Morgan fingerprint density at radius 3 is 2.85 bits per heavy atom. The van der Waals surface area contributed by atoms with E-state index in [1.165, 1.54) is 24.0 Å². The summed E-state index contributed by atoms with van der Waals surface area (Å²) in [4.78, 5) is 11.8. The predicted molar refractivity (Wildman–Crippen MR) is 101 cm³/mol. The Kier molecular flexibility index (Phi) is 4.60. The van der Waals surface area contributed by atoms with Crippen molar-refractivity contribution in [3.05, 3.63) is 34.4 Å². The van der Waals surface area contributed by atoms with Gasteiger partial charge in [-0.3, -0.25) is 4.79 Å². The monoisotopic (exact) mass is 357 g/mol. The van der Waals surface area contributed by atoms with Crippen molar-refractivity contribution in [2.24, 2.45) is 17.3 Å². The van der Waals surface area contributed by atoms with Crippen molar-refractivity contribution in [1.82, 2.24) is 5.32 Å². The molecule has 0 amide bonds. The van der Waals surface area contributed by atoms with Crippen LogP contribution in [-0.2, 0) is 9.53 Å². The highest BCUT2D eigenvalue weighted by molar-refractivity contribution is 5.79. The Labute approximate surface area is 156 Å². The molecule has 2 fully saturated rings. The second-order valence-corrected chi connectivity index (χ2v) is 9.05. The van der Waals surface area contributed by atoms with Crippen LogP contribution in [0.1, 0.15) is 52.9 Å². The second-order valence-electron chi connectivity index (χ2n) is 9.05. The summed E-state index contributed by atoms with van der Waals surface area (Å²) in [6, 6.07) is -0.120. The zero-order valence-electron chi connectivity index (χ0n) is 16.2. The number of fused-ring (bicyclic) bond motifs is 3. The molecule has 1 aliphatic heterocycles. The molecule has 3 aliphatic carbocycles. The fraction of sp³-hybridized carbons (Fsp3) is 0.682. The maximum atomic E-state index is 11.8. The molecule has 142 valence electrons. The van der Waals surface area contributed by atoms with Crippen molar-refractivity contribution in [3.63, 3.8) is 0 Å². The fourth-order valence-corrected chi connectivity index (χ4v) is 5.11.